The molecule has 0 aliphatic carbocycles. The van der Waals surface area contributed by atoms with Crippen molar-refractivity contribution in [2.75, 3.05) is 0 Å². The summed E-state index contributed by atoms with van der Waals surface area (Å²) in [6.07, 6.45) is -4.03. The minimum absolute atomic E-state index is 1.10. The zero-order chi connectivity index (χ0) is 5.44. The number of rotatable bonds is 0. The third-order valence-corrected chi connectivity index (χ3v) is 0.684. The highest BCUT2D eigenvalue weighted by Gasteiger charge is 2.43. The number of cyclic esters (lactones) is 1. The summed E-state index contributed by atoms with van der Waals surface area (Å²) in [4.78, 5) is 9.60. The first kappa shape index (κ1) is 4.49. The fourth-order valence-electron chi connectivity index (χ4n) is 0.270. The van der Waals surface area contributed by atoms with Crippen molar-refractivity contribution in [3.05, 3.63) is 0 Å². The third kappa shape index (κ3) is 0.460. The molecule has 0 aromatic rings. The highest BCUT2D eigenvalue weighted by atomic mass is 19.2. The first-order chi connectivity index (χ1) is 3.22. The molecule has 0 bridgehead atoms. The molecule has 7 heavy (non-hydrogen) atoms. The molecular weight excluding hydrogens is 106 g/mol. The van der Waals surface area contributed by atoms with Crippen molar-refractivity contribution in [2.24, 2.45) is 0 Å². The van der Waals surface area contributed by atoms with Gasteiger partial charge in [0.15, 0.2) is 0 Å². The van der Waals surface area contributed by atoms with E-state index < -0.39 is 18.5 Å². The minimum atomic E-state index is -2.03. The van der Waals surface area contributed by atoms with Gasteiger partial charge in [0.25, 0.3) is 12.5 Å². The fraction of sp³-hybridized carbons (Fsp3) is 0.667. The van der Waals surface area contributed by atoms with Crippen LogP contribution in [0.4, 0.5) is 8.78 Å². The Morgan fingerprint density at radius 1 is 1.57 bits per heavy atom. The summed E-state index contributed by atoms with van der Waals surface area (Å²) in [6.45, 7) is 0. The number of carbonyl (C=O) groups is 1. The van der Waals surface area contributed by atoms with E-state index in [0.717, 1.165) is 0 Å². The number of hydrogen-bond donors (Lipinski definition) is 0. The molecule has 0 spiro atoms. The van der Waals surface area contributed by atoms with E-state index in [1.54, 1.807) is 0 Å². The maximum absolute atomic E-state index is 11.5. The fourth-order valence-corrected chi connectivity index (χ4v) is 0.270. The summed E-state index contributed by atoms with van der Waals surface area (Å²) in [6, 6.07) is 0. The van der Waals surface area contributed by atoms with Crippen LogP contribution in [0.2, 0.25) is 0 Å². The Morgan fingerprint density at radius 3 is 2.14 bits per heavy atom. The molecule has 1 aliphatic rings. The summed E-state index contributed by atoms with van der Waals surface area (Å²) in [5.41, 5.74) is 0. The van der Waals surface area contributed by atoms with Gasteiger partial charge in [-0.1, -0.05) is 0 Å². The molecule has 1 saturated heterocycles. The molecular formula is C3H2F2O2. The predicted octanol–water partition coefficient (Wildman–Crippen LogP) is 0.177. The summed E-state index contributed by atoms with van der Waals surface area (Å²) in [5, 5.41) is 0. The summed E-state index contributed by atoms with van der Waals surface area (Å²) in [7, 11) is 0. The first-order valence-electron chi connectivity index (χ1n) is 1.70. The lowest BCUT2D eigenvalue weighted by molar-refractivity contribution is -0.208. The Labute approximate surface area is 38.1 Å². The second-order valence-corrected chi connectivity index (χ2v) is 1.19. The van der Waals surface area contributed by atoms with Crippen molar-refractivity contribution < 1.29 is 18.3 Å². The molecule has 1 aliphatic heterocycles. The van der Waals surface area contributed by atoms with Crippen LogP contribution in [0.3, 0.4) is 0 Å². The standard InChI is InChI=1S/C3H2F2O2/c4-1-2(5)7-3(1)6/h1-2H. The van der Waals surface area contributed by atoms with Gasteiger partial charge in [0.05, 0.1) is 0 Å². The smallest absolute Gasteiger partial charge is 0.350 e. The monoisotopic (exact) mass is 108 g/mol. The molecule has 2 nitrogen and oxygen atoms in total. The first-order valence-corrected chi connectivity index (χ1v) is 1.70. The van der Waals surface area contributed by atoms with Crippen molar-refractivity contribution in [3.63, 3.8) is 0 Å². The molecule has 0 aromatic heterocycles. The molecule has 40 valence electrons. The van der Waals surface area contributed by atoms with Crippen LogP contribution in [0.25, 0.3) is 0 Å². The SMILES string of the molecule is O=C1OC(F)C1F. The van der Waals surface area contributed by atoms with Crippen LogP contribution in [0.5, 0.6) is 0 Å². The second-order valence-electron chi connectivity index (χ2n) is 1.19. The Hall–Kier alpha value is -0.670. The van der Waals surface area contributed by atoms with E-state index in [9.17, 15) is 13.6 Å². The summed E-state index contributed by atoms with van der Waals surface area (Å²) >= 11 is 0. The van der Waals surface area contributed by atoms with E-state index in [1.165, 1.54) is 0 Å². The predicted molar refractivity (Wildman–Crippen MR) is 15.9 cm³/mol. The zero-order valence-electron chi connectivity index (χ0n) is 3.23. The van der Waals surface area contributed by atoms with Gasteiger partial charge in [-0.3, -0.25) is 0 Å². The van der Waals surface area contributed by atoms with E-state index in [2.05, 4.69) is 4.74 Å². The van der Waals surface area contributed by atoms with Crippen molar-refractivity contribution >= 4 is 5.97 Å². The van der Waals surface area contributed by atoms with Crippen LogP contribution >= 0.6 is 0 Å². The van der Waals surface area contributed by atoms with Crippen LogP contribution in [-0.4, -0.2) is 18.5 Å². The molecule has 2 unspecified atom stereocenters. The number of ether oxygens (including phenoxy) is 1. The van der Waals surface area contributed by atoms with Crippen LogP contribution in [0, 0.1) is 0 Å². The Morgan fingerprint density at radius 2 is 2.14 bits per heavy atom. The molecule has 2 atom stereocenters. The number of carbonyl (C=O) groups excluding carboxylic acids is 1. The van der Waals surface area contributed by atoms with E-state index in [4.69, 9.17) is 0 Å². The van der Waals surface area contributed by atoms with Gasteiger partial charge in [-0.05, 0) is 0 Å². The second kappa shape index (κ2) is 1.15. The van der Waals surface area contributed by atoms with Crippen molar-refractivity contribution in [2.45, 2.75) is 12.5 Å². The lowest BCUT2D eigenvalue weighted by Gasteiger charge is -2.21. The van der Waals surface area contributed by atoms with Gasteiger partial charge in [-0.15, -0.1) is 0 Å². The molecule has 4 heteroatoms. The molecule has 1 fully saturated rings. The normalized spacial score (nSPS) is 39.4. The van der Waals surface area contributed by atoms with Crippen LogP contribution in [-0.2, 0) is 9.53 Å². The van der Waals surface area contributed by atoms with E-state index >= 15 is 0 Å². The molecule has 0 radical (unpaired) electrons. The maximum Gasteiger partial charge on any atom is 0.350 e. The largest absolute Gasteiger partial charge is 0.425 e. The molecule has 0 amide bonds. The van der Waals surface area contributed by atoms with Crippen LogP contribution in [0.1, 0.15) is 0 Å². The Kier molecular flexibility index (Phi) is 0.736. The van der Waals surface area contributed by atoms with Crippen LogP contribution < -0.4 is 0 Å². The van der Waals surface area contributed by atoms with Gasteiger partial charge in [0, 0.05) is 0 Å². The lowest BCUT2D eigenvalue weighted by atomic mass is 10.3. The van der Waals surface area contributed by atoms with Gasteiger partial charge < -0.3 is 4.74 Å². The minimum Gasteiger partial charge on any atom is -0.425 e. The number of alkyl halides is 2. The molecule has 1 rings (SSSR count). The average molecular weight is 108 g/mol. The number of esters is 1. The molecule has 0 aromatic carbocycles. The van der Waals surface area contributed by atoms with Gasteiger partial charge in [0.1, 0.15) is 0 Å². The zero-order valence-corrected chi connectivity index (χ0v) is 3.23. The van der Waals surface area contributed by atoms with Crippen molar-refractivity contribution in [3.8, 4) is 0 Å². The number of hydrogen-bond acceptors (Lipinski definition) is 2. The average Bonchev–Trinajstić information content (AvgIpc) is 1.68. The van der Waals surface area contributed by atoms with Gasteiger partial charge in [0.2, 0.25) is 0 Å². The quantitative estimate of drug-likeness (QED) is 0.413. The highest BCUT2D eigenvalue weighted by molar-refractivity contribution is 5.80. The van der Waals surface area contributed by atoms with Gasteiger partial charge in [-0.2, -0.15) is 4.39 Å². The van der Waals surface area contributed by atoms with Gasteiger partial charge in [-0.25, -0.2) is 9.18 Å². The maximum atomic E-state index is 11.5. The van der Waals surface area contributed by atoms with Crippen molar-refractivity contribution in [1.29, 1.82) is 0 Å². The molecule has 1 heterocycles. The highest BCUT2D eigenvalue weighted by Crippen LogP contribution is 2.18. The van der Waals surface area contributed by atoms with Gasteiger partial charge >= 0.3 is 5.97 Å². The number of halogens is 2. The topological polar surface area (TPSA) is 26.3 Å². The summed E-state index contributed by atoms with van der Waals surface area (Å²) in [5.74, 6) is -1.10. The molecule has 0 saturated carbocycles. The molecule has 0 N–H and O–H groups in total. The van der Waals surface area contributed by atoms with Crippen molar-refractivity contribution in [1.82, 2.24) is 0 Å². The van der Waals surface area contributed by atoms with E-state index in [1.807, 2.05) is 0 Å². The lowest BCUT2D eigenvalue weighted by Crippen LogP contribution is -2.43. The van der Waals surface area contributed by atoms with E-state index in [-0.39, 0.29) is 0 Å². The Bertz CT molecular complexity index is 103. The third-order valence-electron chi connectivity index (χ3n) is 0.684. The Balaban J connectivity index is 2.43. The van der Waals surface area contributed by atoms with E-state index in [0.29, 0.717) is 0 Å². The van der Waals surface area contributed by atoms with Crippen LogP contribution in [0.15, 0.2) is 0 Å². The summed E-state index contributed by atoms with van der Waals surface area (Å²) < 4.78 is 26.4.